The second-order valence-electron chi connectivity index (χ2n) is 4.49. The van der Waals surface area contributed by atoms with Gasteiger partial charge in [0.1, 0.15) is 0 Å². The summed E-state index contributed by atoms with van der Waals surface area (Å²) in [5, 5.41) is 2.71. The summed E-state index contributed by atoms with van der Waals surface area (Å²) in [5.74, 6) is 2.64. The van der Waals surface area contributed by atoms with Gasteiger partial charge in [0.15, 0.2) is 0 Å². The van der Waals surface area contributed by atoms with Gasteiger partial charge < -0.3 is 4.74 Å². The van der Waals surface area contributed by atoms with E-state index < -0.39 is 11.7 Å². The Kier molecular flexibility index (Phi) is 5.64. The van der Waals surface area contributed by atoms with E-state index in [0.29, 0.717) is 37.2 Å². The summed E-state index contributed by atoms with van der Waals surface area (Å²) in [6.45, 7) is 1.05. The summed E-state index contributed by atoms with van der Waals surface area (Å²) in [6.07, 6.45) is -3.07. The van der Waals surface area contributed by atoms with Crippen molar-refractivity contribution in [2.24, 2.45) is 0 Å². The molecule has 0 radical (unpaired) electrons. The maximum Gasteiger partial charge on any atom is 0.416 e. The van der Waals surface area contributed by atoms with Gasteiger partial charge in [-0.05, 0) is 50.6 Å². The third-order valence-electron chi connectivity index (χ3n) is 3.25. The lowest BCUT2D eigenvalue weighted by Gasteiger charge is -2.25. The maximum absolute atomic E-state index is 13.2. The lowest BCUT2D eigenvalue weighted by Crippen LogP contribution is -2.18. The molecule has 6 heteroatoms. The maximum atomic E-state index is 13.2. The van der Waals surface area contributed by atoms with Gasteiger partial charge in [0, 0.05) is 40.0 Å². The van der Waals surface area contributed by atoms with Crippen LogP contribution in [0.5, 0.6) is 0 Å². The smallest absolute Gasteiger partial charge is 0.381 e. The highest BCUT2D eigenvalue weighted by atomic mass is 127. The van der Waals surface area contributed by atoms with E-state index >= 15 is 0 Å². The summed E-state index contributed by atoms with van der Waals surface area (Å²) >= 11 is 1.99. The van der Waals surface area contributed by atoms with Crippen LogP contribution in [-0.4, -0.2) is 13.2 Å². The number of benzene rings is 1. The molecule has 0 amide bonds. The van der Waals surface area contributed by atoms with Crippen molar-refractivity contribution in [2.75, 3.05) is 13.2 Å². The predicted molar refractivity (Wildman–Crippen MR) is 82.7 cm³/mol. The minimum absolute atomic E-state index is 0.0821. The molecule has 108 valence electrons. The first-order valence-corrected chi connectivity index (χ1v) is 9.46. The van der Waals surface area contributed by atoms with Crippen molar-refractivity contribution >= 4 is 30.1 Å². The van der Waals surface area contributed by atoms with Crippen molar-refractivity contribution < 1.29 is 17.9 Å². The summed E-state index contributed by atoms with van der Waals surface area (Å²) in [4.78, 5) is 0. The summed E-state index contributed by atoms with van der Waals surface area (Å²) < 4.78 is 44.9. The van der Waals surface area contributed by atoms with Crippen LogP contribution < -0.4 is 0 Å². The highest BCUT2D eigenvalue weighted by Gasteiger charge is 2.35. The van der Waals surface area contributed by atoms with Crippen LogP contribution in [0.3, 0.4) is 0 Å². The first kappa shape index (κ1) is 16.0. The van der Waals surface area contributed by atoms with Gasteiger partial charge in [-0.1, -0.05) is 12.0 Å². The average Bonchev–Trinajstić information content (AvgIpc) is 2.45. The predicted octanol–water partition coefficient (Wildman–Crippen LogP) is 4.99. The molecule has 0 bridgehead atoms. The number of alkyl halides is 3. The zero-order chi connectivity index (χ0) is 14.6. The van der Waals surface area contributed by atoms with E-state index in [0.717, 1.165) is 6.07 Å². The number of ether oxygens (including phenoxy) is 1. The Morgan fingerprint density at radius 2 is 1.95 bits per heavy atom. The van der Waals surface area contributed by atoms with Crippen molar-refractivity contribution in [1.82, 2.24) is 0 Å². The number of hydrogen-bond acceptors (Lipinski definition) is 2. The van der Waals surface area contributed by atoms with Gasteiger partial charge in [-0.2, -0.15) is 13.2 Å². The molecule has 0 spiro atoms. The van der Waals surface area contributed by atoms with Crippen molar-refractivity contribution in [3.05, 3.63) is 34.9 Å². The molecule has 1 saturated heterocycles. The van der Waals surface area contributed by atoms with Crippen LogP contribution >= 0.6 is 30.1 Å². The topological polar surface area (TPSA) is 9.23 Å². The minimum atomic E-state index is -4.34. The van der Waals surface area contributed by atoms with E-state index in [-0.39, 0.29) is 5.92 Å². The summed E-state index contributed by atoms with van der Waals surface area (Å²) in [5.41, 5.74) is 0.209. The lowest BCUT2D eigenvalue weighted by atomic mass is 9.87. The highest BCUT2D eigenvalue weighted by Crippen LogP contribution is 2.38. The Hall–Kier alpha value is -0.390. The van der Waals surface area contributed by atoms with Crippen LogP contribution in [-0.2, 0) is 10.9 Å². The Morgan fingerprint density at radius 1 is 1.25 bits per heavy atom. The molecule has 20 heavy (non-hydrogen) atoms. The van der Waals surface area contributed by atoms with Crippen LogP contribution in [0, 0.1) is 11.2 Å². The Balaban J connectivity index is 2.40. The molecular formula is C14H12F3IOS. The fourth-order valence-corrected chi connectivity index (χ4v) is 2.81. The summed E-state index contributed by atoms with van der Waals surface area (Å²) in [7, 11) is 1.25. The van der Waals surface area contributed by atoms with Crippen LogP contribution in [0.4, 0.5) is 13.2 Å². The van der Waals surface area contributed by atoms with Gasteiger partial charge in [-0.15, -0.1) is 0 Å². The molecule has 0 aromatic heterocycles. The lowest BCUT2D eigenvalue weighted by molar-refractivity contribution is -0.138. The Morgan fingerprint density at radius 3 is 2.55 bits per heavy atom. The fraction of sp³-hybridized carbons (Fsp3) is 0.429. The molecule has 1 aromatic rings. The zero-order valence-corrected chi connectivity index (χ0v) is 13.4. The van der Waals surface area contributed by atoms with Crippen molar-refractivity contribution in [1.29, 1.82) is 0 Å². The van der Waals surface area contributed by atoms with Gasteiger partial charge in [0.25, 0.3) is 0 Å². The van der Waals surface area contributed by atoms with Gasteiger partial charge in [0.05, 0.1) is 5.56 Å². The third-order valence-corrected chi connectivity index (χ3v) is 4.09. The molecule has 1 aliphatic rings. The number of hydrogen-bond donors (Lipinski definition) is 0. The van der Waals surface area contributed by atoms with Gasteiger partial charge >= 0.3 is 6.18 Å². The molecule has 2 rings (SSSR count). The number of halogens is 4. The first-order chi connectivity index (χ1) is 9.52. The van der Waals surface area contributed by atoms with Gasteiger partial charge in [-0.25, -0.2) is 0 Å². The van der Waals surface area contributed by atoms with E-state index in [1.165, 1.54) is 8.93 Å². The van der Waals surface area contributed by atoms with E-state index in [4.69, 9.17) is 4.74 Å². The molecule has 1 nitrogen and oxygen atoms in total. The highest BCUT2D eigenvalue weighted by molar-refractivity contribution is 14.2. The van der Waals surface area contributed by atoms with Crippen LogP contribution in [0.15, 0.2) is 18.2 Å². The fourth-order valence-electron chi connectivity index (χ4n) is 2.32. The van der Waals surface area contributed by atoms with E-state index in [1.807, 2.05) is 21.2 Å². The van der Waals surface area contributed by atoms with Crippen molar-refractivity contribution in [3.8, 4) is 11.2 Å². The molecule has 1 heterocycles. The molecule has 0 atom stereocenters. The zero-order valence-electron chi connectivity index (χ0n) is 10.5. The van der Waals surface area contributed by atoms with Gasteiger partial charge in [-0.3, -0.25) is 0 Å². The van der Waals surface area contributed by atoms with Crippen LogP contribution in [0.1, 0.15) is 35.4 Å². The Labute approximate surface area is 132 Å². The summed E-state index contributed by atoms with van der Waals surface area (Å²) in [6, 6.07) is 4.39. The van der Waals surface area contributed by atoms with Gasteiger partial charge in [0.2, 0.25) is 0 Å². The largest absolute Gasteiger partial charge is 0.416 e. The van der Waals surface area contributed by atoms with Crippen molar-refractivity contribution in [3.63, 3.8) is 0 Å². The molecule has 1 aromatic carbocycles. The second-order valence-corrected chi connectivity index (χ2v) is 6.17. The molecular weight excluding hydrogens is 400 g/mol. The SMILES string of the molecule is FC(F)(F)c1cc(C#CSI)ccc1C1CCOCC1. The molecule has 0 aliphatic carbocycles. The molecule has 0 N–H and O–H groups in total. The number of rotatable bonds is 1. The monoisotopic (exact) mass is 412 g/mol. The molecule has 0 saturated carbocycles. The molecule has 0 unspecified atom stereocenters. The normalized spacial score (nSPS) is 16.6. The molecule has 1 aliphatic heterocycles. The minimum Gasteiger partial charge on any atom is -0.381 e. The van der Waals surface area contributed by atoms with Crippen LogP contribution in [0.2, 0.25) is 0 Å². The molecule has 1 fully saturated rings. The first-order valence-electron chi connectivity index (χ1n) is 6.10. The van der Waals surface area contributed by atoms with Crippen LogP contribution in [0.25, 0.3) is 0 Å². The van der Waals surface area contributed by atoms with E-state index in [9.17, 15) is 13.2 Å². The average molecular weight is 412 g/mol. The standard InChI is InChI=1S/C14H12F3IOS/c15-14(16,17)13-9-10(5-8-20-18)1-2-12(13)11-3-6-19-7-4-11/h1-2,9,11H,3-4,6-7H2. The third kappa shape index (κ3) is 4.06. The second kappa shape index (κ2) is 7.05. The van der Waals surface area contributed by atoms with E-state index in [2.05, 4.69) is 11.2 Å². The Bertz CT molecular complexity index is 527. The van der Waals surface area contributed by atoms with Crippen molar-refractivity contribution in [2.45, 2.75) is 24.9 Å². The quantitative estimate of drug-likeness (QED) is 0.475. The van der Waals surface area contributed by atoms with E-state index in [1.54, 1.807) is 12.1 Å².